The molecule has 1 aromatic heterocycles. The molecule has 2 nitrogen and oxygen atoms in total. The van der Waals surface area contributed by atoms with E-state index in [1.54, 1.807) is 11.3 Å². The summed E-state index contributed by atoms with van der Waals surface area (Å²) in [5, 5.41) is 6.59. The molecule has 0 atom stereocenters. The molecule has 1 heterocycles. The highest BCUT2D eigenvalue weighted by Crippen LogP contribution is 2.26. The first-order valence-electron chi connectivity index (χ1n) is 5.00. The fourth-order valence-electron chi connectivity index (χ4n) is 1.87. The Morgan fingerprint density at radius 1 is 1.38 bits per heavy atom. The van der Waals surface area contributed by atoms with Crippen LogP contribution in [0.1, 0.15) is 32.6 Å². The summed E-state index contributed by atoms with van der Waals surface area (Å²) in [6, 6.07) is 0.669. The predicted octanol–water partition coefficient (Wildman–Crippen LogP) is 3.13. The second kappa shape index (κ2) is 4.09. The highest BCUT2D eigenvalue weighted by Gasteiger charge is 2.18. The molecule has 72 valence electrons. The van der Waals surface area contributed by atoms with E-state index >= 15 is 0 Å². The zero-order valence-electron chi connectivity index (χ0n) is 7.99. The SMILES string of the molecule is CC1CCC(Nc2nccs2)CC1. The van der Waals surface area contributed by atoms with Crippen LogP contribution in [0.3, 0.4) is 0 Å². The van der Waals surface area contributed by atoms with Crippen LogP contribution in [0.2, 0.25) is 0 Å². The van der Waals surface area contributed by atoms with Crippen molar-refractivity contribution in [2.45, 2.75) is 38.6 Å². The molecule has 0 aromatic carbocycles. The van der Waals surface area contributed by atoms with Crippen LogP contribution < -0.4 is 5.32 Å². The zero-order chi connectivity index (χ0) is 9.10. The molecule has 1 aliphatic rings. The van der Waals surface area contributed by atoms with Crippen LogP contribution in [0.4, 0.5) is 5.13 Å². The molecule has 0 unspecified atom stereocenters. The lowest BCUT2D eigenvalue weighted by atomic mass is 9.87. The van der Waals surface area contributed by atoms with Gasteiger partial charge >= 0.3 is 0 Å². The van der Waals surface area contributed by atoms with Crippen molar-refractivity contribution in [2.24, 2.45) is 5.92 Å². The van der Waals surface area contributed by atoms with E-state index in [9.17, 15) is 0 Å². The largest absolute Gasteiger partial charge is 0.359 e. The maximum atomic E-state index is 4.24. The number of nitrogens with one attached hydrogen (secondary N) is 1. The Hall–Kier alpha value is -0.570. The molecule has 1 aromatic rings. The van der Waals surface area contributed by atoms with Crippen LogP contribution in [0.25, 0.3) is 0 Å². The standard InChI is InChI=1S/C10H16N2S/c1-8-2-4-9(5-3-8)12-10-11-6-7-13-10/h6-9H,2-5H2,1H3,(H,11,12). The summed E-state index contributed by atoms with van der Waals surface area (Å²) in [7, 11) is 0. The Bertz CT molecular complexity index is 237. The van der Waals surface area contributed by atoms with E-state index in [4.69, 9.17) is 0 Å². The summed E-state index contributed by atoms with van der Waals surface area (Å²) >= 11 is 1.70. The van der Waals surface area contributed by atoms with E-state index in [1.165, 1.54) is 25.7 Å². The molecule has 1 N–H and O–H groups in total. The second-order valence-electron chi connectivity index (χ2n) is 3.94. The molecule has 0 amide bonds. The number of hydrogen-bond donors (Lipinski definition) is 1. The van der Waals surface area contributed by atoms with Gasteiger partial charge in [-0.1, -0.05) is 6.92 Å². The maximum Gasteiger partial charge on any atom is 0.182 e. The van der Waals surface area contributed by atoms with Crippen LogP contribution in [0.15, 0.2) is 11.6 Å². The molecular weight excluding hydrogens is 180 g/mol. The third-order valence-corrected chi connectivity index (χ3v) is 3.48. The lowest BCUT2D eigenvalue weighted by Gasteiger charge is -2.26. The Morgan fingerprint density at radius 2 is 2.15 bits per heavy atom. The monoisotopic (exact) mass is 196 g/mol. The number of aromatic nitrogens is 1. The van der Waals surface area contributed by atoms with Crippen molar-refractivity contribution < 1.29 is 0 Å². The fourth-order valence-corrected chi connectivity index (χ4v) is 2.48. The number of thiazole rings is 1. The highest BCUT2D eigenvalue weighted by molar-refractivity contribution is 7.13. The van der Waals surface area contributed by atoms with Gasteiger partial charge in [0.25, 0.3) is 0 Å². The van der Waals surface area contributed by atoms with Crippen molar-refractivity contribution in [1.29, 1.82) is 0 Å². The quantitative estimate of drug-likeness (QED) is 0.786. The molecule has 0 radical (unpaired) electrons. The molecule has 1 fully saturated rings. The summed E-state index contributed by atoms with van der Waals surface area (Å²) in [6.07, 6.45) is 7.20. The number of hydrogen-bond acceptors (Lipinski definition) is 3. The number of rotatable bonds is 2. The minimum atomic E-state index is 0.669. The maximum absolute atomic E-state index is 4.24. The lowest BCUT2D eigenvalue weighted by Crippen LogP contribution is -2.24. The molecule has 0 bridgehead atoms. The van der Waals surface area contributed by atoms with Crippen molar-refractivity contribution in [3.8, 4) is 0 Å². The van der Waals surface area contributed by atoms with Crippen LogP contribution in [-0.4, -0.2) is 11.0 Å². The summed E-state index contributed by atoms with van der Waals surface area (Å²) in [6.45, 7) is 2.35. The van der Waals surface area contributed by atoms with Crippen molar-refractivity contribution in [2.75, 3.05) is 5.32 Å². The van der Waals surface area contributed by atoms with Gasteiger partial charge in [-0.25, -0.2) is 4.98 Å². The normalized spacial score (nSPS) is 28.7. The molecule has 0 spiro atoms. The molecule has 0 saturated heterocycles. The summed E-state index contributed by atoms with van der Waals surface area (Å²) in [5.74, 6) is 0.925. The summed E-state index contributed by atoms with van der Waals surface area (Å²) in [5.41, 5.74) is 0. The smallest absolute Gasteiger partial charge is 0.182 e. The van der Waals surface area contributed by atoms with Gasteiger partial charge in [0.05, 0.1) is 0 Å². The van der Waals surface area contributed by atoms with E-state index < -0.39 is 0 Å². The van der Waals surface area contributed by atoms with E-state index in [1.807, 2.05) is 11.6 Å². The minimum Gasteiger partial charge on any atom is -0.359 e. The molecular formula is C10H16N2S. The molecule has 1 saturated carbocycles. The third-order valence-electron chi connectivity index (χ3n) is 2.78. The first-order valence-corrected chi connectivity index (χ1v) is 5.88. The van der Waals surface area contributed by atoms with Gasteiger partial charge in [0.15, 0.2) is 5.13 Å². The van der Waals surface area contributed by atoms with E-state index in [0.717, 1.165) is 11.0 Å². The Morgan fingerprint density at radius 3 is 2.77 bits per heavy atom. The minimum absolute atomic E-state index is 0.669. The Kier molecular flexibility index (Phi) is 2.83. The predicted molar refractivity (Wildman–Crippen MR) is 57.2 cm³/mol. The first kappa shape index (κ1) is 9.00. The topological polar surface area (TPSA) is 24.9 Å². The number of nitrogens with zero attached hydrogens (tertiary/aromatic N) is 1. The van der Waals surface area contributed by atoms with Gasteiger partial charge < -0.3 is 5.32 Å². The summed E-state index contributed by atoms with van der Waals surface area (Å²) < 4.78 is 0. The van der Waals surface area contributed by atoms with Crippen molar-refractivity contribution in [1.82, 2.24) is 4.98 Å². The Labute approximate surface area is 83.4 Å². The fraction of sp³-hybridized carbons (Fsp3) is 0.700. The zero-order valence-corrected chi connectivity index (χ0v) is 8.81. The van der Waals surface area contributed by atoms with Gasteiger partial charge in [0.1, 0.15) is 0 Å². The average Bonchev–Trinajstić information content (AvgIpc) is 2.62. The van der Waals surface area contributed by atoms with E-state index in [2.05, 4.69) is 17.2 Å². The van der Waals surface area contributed by atoms with Crippen molar-refractivity contribution in [3.63, 3.8) is 0 Å². The van der Waals surface area contributed by atoms with Gasteiger partial charge in [-0.15, -0.1) is 11.3 Å². The van der Waals surface area contributed by atoms with Gasteiger partial charge in [0.2, 0.25) is 0 Å². The second-order valence-corrected chi connectivity index (χ2v) is 4.83. The van der Waals surface area contributed by atoms with Gasteiger partial charge in [-0.3, -0.25) is 0 Å². The highest BCUT2D eigenvalue weighted by atomic mass is 32.1. The van der Waals surface area contributed by atoms with Crippen molar-refractivity contribution in [3.05, 3.63) is 11.6 Å². The summed E-state index contributed by atoms with van der Waals surface area (Å²) in [4.78, 5) is 4.24. The van der Waals surface area contributed by atoms with Gasteiger partial charge in [-0.05, 0) is 31.6 Å². The van der Waals surface area contributed by atoms with Crippen LogP contribution in [0, 0.1) is 5.92 Å². The molecule has 1 aliphatic carbocycles. The number of anilines is 1. The average molecular weight is 196 g/mol. The van der Waals surface area contributed by atoms with Crippen LogP contribution in [-0.2, 0) is 0 Å². The molecule has 13 heavy (non-hydrogen) atoms. The molecule has 3 heteroatoms. The third kappa shape index (κ3) is 2.44. The van der Waals surface area contributed by atoms with Crippen LogP contribution in [0.5, 0.6) is 0 Å². The van der Waals surface area contributed by atoms with E-state index in [0.29, 0.717) is 6.04 Å². The lowest BCUT2D eigenvalue weighted by molar-refractivity contribution is 0.361. The first-order chi connectivity index (χ1) is 6.34. The van der Waals surface area contributed by atoms with E-state index in [-0.39, 0.29) is 0 Å². The van der Waals surface area contributed by atoms with Gasteiger partial charge in [0, 0.05) is 17.6 Å². The Balaban J connectivity index is 1.83. The molecule has 2 rings (SSSR count). The van der Waals surface area contributed by atoms with Crippen molar-refractivity contribution >= 4 is 16.5 Å². The van der Waals surface area contributed by atoms with Crippen LogP contribution >= 0.6 is 11.3 Å². The molecule has 0 aliphatic heterocycles. The van der Waals surface area contributed by atoms with Gasteiger partial charge in [-0.2, -0.15) is 0 Å².